The third kappa shape index (κ3) is 7.16. The molecule has 2 rings (SSSR count). The predicted octanol–water partition coefficient (Wildman–Crippen LogP) is 4.28. The van der Waals surface area contributed by atoms with Gasteiger partial charge in [0.05, 0.1) is 33.1 Å². The summed E-state index contributed by atoms with van der Waals surface area (Å²) in [6.45, 7) is 5.31. The Morgan fingerprint density at radius 3 is 2.48 bits per heavy atom. The van der Waals surface area contributed by atoms with Crippen LogP contribution in [0.5, 0.6) is 17.2 Å². The van der Waals surface area contributed by atoms with Crippen molar-refractivity contribution in [3.05, 3.63) is 48.0 Å². The Morgan fingerprint density at radius 2 is 1.81 bits per heavy atom. The molecule has 0 aromatic heterocycles. The molecule has 0 aliphatic carbocycles. The topological polar surface area (TPSA) is 78.1 Å². The Labute approximate surface area is 178 Å². The maximum absolute atomic E-state index is 6.04. The van der Waals surface area contributed by atoms with Gasteiger partial charge < -0.3 is 25.3 Å². The van der Waals surface area contributed by atoms with Crippen molar-refractivity contribution in [1.82, 2.24) is 0 Å². The van der Waals surface area contributed by atoms with Gasteiger partial charge in [-0.15, -0.1) is 24.0 Å². The summed E-state index contributed by atoms with van der Waals surface area (Å²) < 4.78 is 16.4. The number of guanidine groups is 1. The molecule has 0 bridgehead atoms. The average Bonchev–Trinajstić information content (AvgIpc) is 2.65. The molecule has 0 aliphatic heterocycles. The van der Waals surface area contributed by atoms with Gasteiger partial charge >= 0.3 is 0 Å². The van der Waals surface area contributed by atoms with Crippen LogP contribution in [-0.4, -0.2) is 26.8 Å². The van der Waals surface area contributed by atoms with Gasteiger partial charge in [-0.25, -0.2) is 4.99 Å². The molecule has 0 amide bonds. The summed E-state index contributed by atoms with van der Waals surface area (Å²) in [5.41, 5.74) is 7.72. The van der Waals surface area contributed by atoms with E-state index in [1.54, 1.807) is 20.3 Å². The van der Waals surface area contributed by atoms with Crippen LogP contribution in [0, 0.1) is 5.92 Å². The smallest absolute Gasteiger partial charge is 0.193 e. The Bertz CT molecular complexity index is 751. The lowest BCUT2D eigenvalue weighted by atomic mass is 10.2. The van der Waals surface area contributed by atoms with E-state index in [1.807, 2.05) is 36.4 Å². The summed E-state index contributed by atoms with van der Waals surface area (Å²) in [6, 6.07) is 13.3. The number of nitrogens with two attached hydrogens (primary N) is 1. The first-order chi connectivity index (χ1) is 12.5. The maximum Gasteiger partial charge on any atom is 0.193 e. The summed E-state index contributed by atoms with van der Waals surface area (Å²) in [5, 5.41) is 3.06. The van der Waals surface area contributed by atoms with Crippen molar-refractivity contribution >= 4 is 35.6 Å². The Morgan fingerprint density at radius 1 is 1.07 bits per heavy atom. The largest absolute Gasteiger partial charge is 0.497 e. The normalized spacial score (nSPS) is 10.9. The molecule has 0 saturated heterocycles. The van der Waals surface area contributed by atoms with Gasteiger partial charge in [0.25, 0.3) is 0 Å². The van der Waals surface area contributed by atoms with Crippen LogP contribution >= 0.6 is 24.0 Å². The lowest BCUT2D eigenvalue weighted by Crippen LogP contribution is -2.23. The van der Waals surface area contributed by atoms with Crippen LogP contribution in [0.3, 0.4) is 0 Å². The zero-order valence-electron chi connectivity index (χ0n) is 16.2. The molecule has 0 saturated carbocycles. The first kappa shape index (κ1) is 22.9. The van der Waals surface area contributed by atoms with E-state index in [1.165, 1.54) is 0 Å². The third-order valence-corrected chi connectivity index (χ3v) is 3.63. The predicted molar refractivity (Wildman–Crippen MR) is 121 cm³/mol. The number of hydrogen-bond donors (Lipinski definition) is 2. The second-order valence-electron chi connectivity index (χ2n) is 6.21. The quantitative estimate of drug-likeness (QED) is 0.332. The van der Waals surface area contributed by atoms with Gasteiger partial charge in [-0.3, -0.25) is 0 Å². The number of nitrogens with zero attached hydrogens (tertiary/aromatic N) is 1. The zero-order valence-corrected chi connectivity index (χ0v) is 18.5. The lowest BCUT2D eigenvalue weighted by Gasteiger charge is -2.13. The molecule has 27 heavy (non-hydrogen) atoms. The fourth-order valence-electron chi connectivity index (χ4n) is 2.29. The monoisotopic (exact) mass is 485 g/mol. The third-order valence-electron chi connectivity index (χ3n) is 3.63. The first-order valence-electron chi connectivity index (χ1n) is 8.53. The van der Waals surface area contributed by atoms with E-state index in [4.69, 9.17) is 19.9 Å². The fourth-order valence-corrected chi connectivity index (χ4v) is 2.29. The maximum atomic E-state index is 6.04. The average molecular weight is 485 g/mol. The Balaban J connectivity index is 0.00000364. The molecule has 0 fully saturated rings. The van der Waals surface area contributed by atoms with Gasteiger partial charge in [0.15, 0.2) is 5.96 Å². The second kappa shape index (κ2) is 11.5. The van der Waals surface area contributed by atoms with E-state index in [-0.39, 0.29) is 29.9 Å². The second-order valence-corrected chi connectivity index (χ2v) is 6.21. The van der Waals surface area contributed by atoms with Gasteiger partial charge in [0.2, 0.25) is 0 Å². The number of aliphatic imine (C=N–C) groups is 1. The number of benzene rings is 2. The van der Waals surface area contributed by atoms with E-state index >= 15 is 0 Å². The number of halogens is 1. The SMILES string of the molecule is COc1ccc(OC)c(NC(N)=NCc2ccccc2OCC(C)C)c1.I. The van der Waals surface area contributed by atoms with Gasteiger partial charge in [0, 0.05) is 11.6 Å². The molecular weight excluding hydrogens is 457 g/mol. The molecule has 0 aliphatic rings. The van der Waals surface area contributed by atoms with Crippen LogP contribution < -0.4 is 25.3 Å². The van der Waals surface area contributed by atoms with E-state index in [2.05, 4.69) is 24.2 Å². The molecule has 148 valence electrons. The highest BCUT2D eigenvalue weighted by Gasteiger charge is 2.07. The molecule has 0 unspecified atom stereocenters. The van der Waals surface area contributed by atoms with Crippen molar-refractivity contribution in [2.45, 2.75) is 20.4 Å². The first-order valence-corrected chi connectivity index (χ1v) is 8.53. The van der Waals surface area contributed by atoms with Crippen molar-refractivity contribution in [2.75, 3.05) is 26.1 Å². The highest BCUT2D eigenvalue weighted by Crippen LogP contribution is 2.28. The molecule has 0 atom stereocenters. The minimum absolute atomic E-state index is 0. The zero-order chi connectivity index (χ0) is 18.9. The molecule has 3 N–H and O–H groups in total. The number of para-hydroxylation sites is 1. The standard InChI is InChI=1S/C20H27N3O3.HI/c1-14(2)13-26-18-8-6-5-7-15(18)12-22-20(21)23-17-11-16(24-3)9-10-19(17)25-4;/h5-11,14H,12-13H2,1-4H3,(H3,21,22,23);1H. The number of anilines is 1. The van der Waals surface area contributed by atoms with Gasteiger partial charge in [-0.05, 0) is 24.1 Å². The summed E-state index contributed by atoms with van der Waals surface area (Å²) in [7, 11) is 3.21. The molecule has 0 heterocycles. The summed E-state index contributed by atoms with van der Waals surface area (Å²) in [4.78, 5) is 4.42. The number of ether oxygens (including phenoxy) is 3. The molecule has 2 aromatic carbocycles. The Hall–Kier alpha value is -2.16. The van der Waals surface area contributed by atoms with E-state index in [0.717, 1.165) is 11.3 Å². The van der Waals surface area contributed by atoms with Gasteiger partial charge in [-0.2, -0.15) is 0 Å². The van der Waals surface area contributed by atoms with E-state index in [9.17, 15) is 0 Å². The molecule has 6 nitrogen and oxygen atoms in total. The molecular formula is C20H28IN3O3. The van der Waals surface area contributed by atoms with Crippen molar-refractivity contribution < 1.29 is 14.2 Å². The minimum atomic E-state index is 0. The molecule has 0 radical (unpaired) electrons. The van der Waals surface area contributed by atoms with Crippen LogP contribution in [0.1, 0.15) is 19.4 Å². The van der Waals surface area contributed by atoms with Crippen LogP contribution in [-0.2, 0) is 6.54 Å². The highest BCUT2D eigenvalue weighted by molar-refractivity contribution is 14.0. The molecule has 0 spiro atoms. The van der Waals surface area contributed by atoms with Crippen LogP contribution in [0.2, 0.25) is 0 Å². The number of hydrogen-bond acceptors (Lipinski definition) is 4. The van der Waals surface area contributed by atoms with E-state index in [0.29, 0.717) is 36.3 Å². The fraction of sp³-hybridized carbons (Fsp3) is 0.350. The number of nitrogens with one attached hydrogen (secondary N) is 1. The Kier molecular flexibility index (Phi) is 9.77. The van der Waals surface area contributed by atoms with Crippen LogP contribution in [0.4, 0.5) is 5.69 Å². The molecule has 2 aromatic rings. The number of methoxy groups -OCH3 is 2. The molecule has 7 heteroatoms. The van der Waals surface area contributed by atoms with E-state index < -0.39 is 0 Å². The van der Waals surface area contributed by atoms with Gasteiger partial charge in [0.1, 0.15) is 17.2 Å². The van der Waals surface area contributed by atoms with Gasteiger partial charge in [-0.1, -0.05) is 32.0 Å². The van der Waals surface area contributed by atoms with Crippen LogP contribution in [0.15, 0.2) is 47.5 Å². The van der Waals surface area contributed by atoms with Crippen LogP contribution in [0.25, 0.3) is 0 Å². The summed E-state index contributed by atoms with van der Waals surface area (Å²) in [6.07, 6.45) is 0. The van der Waals surface area contributed by atoms with Crippen molar-refractivity contribution in [3.8, 4) is 17.2 Å². The minimum Gasteiger partial charge on any atom is -0.497 e. The lowest BCUT2D eigenvalue weighted by molar-refractivity contribution is 0.268. The van der Waals surface area contributed by atoms with Crippen molar-refractivity contribution in [3.63, 3.8) is 0 Å². The number of rotatable bonds is 8. The summed E-state index contributed by atoms with van der Waals surface area (Å²) >= 11 is 0. The highest BCUT2D eigenvalue weighted by atomic mass is 127. The van der Waals surface area contributed by atoms with Crippen molar-refractivity contribution in [1.29, 1.82) is 0 Å². The summed E-state index contributed by atoms with van der Waals surface area (Å²) in [5.74, 6) is 2.93. The van der Waals surface area contributed by atoms with Crippen molar-refractivity contribution in [2.24, 2.45) is 16.6 Å².